The maximum atomic E-state index is 8.52. The summed E-state index contributed by atoms with van der Waals surface area (Å²) in [5, 5.41) is 17.0. The summed E-state index contributed by atoms with van der Waals surface area (Å²) in [5.41, 5.74) is 0. The van der Waals surface area contributed by atoms with Crippen LogP contribution in [0.25, 0.3) is 0 Å². The van der Waals surface area contributed by atoms with Crippen LogP contribution in [0.4, 0.5) is 0 Å². The van der Waals surface area contributed by atoms with Crippen molar-refractivity contribution in [2.75, 3.05) is 0 Å². The van der Waals surface area contributed by atoms with Crippen LogP contribution in [0.1, 0.15) is 64.2 Å². The lowest BCUT2D eigenvalue weighted by atomic mass is 10.1. The Morgan fingerprint density at radius 1 is 0.714 bits per heavy atom. The summed E-state index contributed by atoms with van der Waals surface area (Å²) in [6.45, 7) is 3.81. The van der Waals surface area contributed by atoms with E-state index in [-0.39, 0.29) is 0 Å². The van der Waals surface area contributed by atoms with E-state index in [1.54, 1.807) is 0 Å². The first-order valence-electron chi connectivity index (χ1n) is 5.80. The van der Waals surface area contributed by atoms with Crippen molar-refractivity contribution in [2.24, 2.45) is 0 Å². The van der Waals surface area contributed by atoms with E-state index in [4.69, 9.17) is 10.2 Å². The monoisotopic (exact) mass is 200 g/mol. The second kappa shape index (κ2) is 11.0. The molecular weight excluding hydrogens is 176 g/mol. The molecule has 2 radical (unpaired) electrons. The number of unbranched alkanes of at least 4 members (excludes halogenated alkanes) is 8. The van der Waals surface area contributed by atoms with Gasteiger partial charge >= 0.3 is 0 Å². The van der Waals surface area contributed by atoms with Gasteiger partial charge in [0.25, 0.3) is 0 Å². The Kier molecular flexibility index (Phi) is 10.9. The van der Waals surface area contributed by atoms with Crippen LogP contribution in [0.3, 0.4) is 0 Å². The summed E-state index contributed by atoms with van der Waals surface area (Å²) in [7, 11) is 0. The Labute approximate surface area is 88.3 Å². The Balaban J connectivity index is 2.85. The summed E-state index contributed by atoms with van der Waals surface area (Å²) < 4.78 is 0. The van der Waals surface area contributed by atoms with Gasteiger partial charge in [-0.15, -0.1) is 0 Å². The summed E-state index contributed by atoms with van der Waals surface area (Å²) >= 11 is 0. The molecule has 0 atom stereocenters. The molecule has 2 heteroatoms. The Morgan fingerprint density at radius 2 is 1.14 bits per heavy atom. The third-order valence-corrected chi connectivity index (χ3v) is 2.40. The molecule has 2 N–H and O–H groups in total. The highest BCUT2D eigenvalue weighted by atomic mass is 16.5. The fourth-order valence-electron chi connectivity index (χ4n) is 1.52. The van der Waals surface area contributed by atoms with E-state index in [2.05, 4.69) is 6.92 Å². The number of aliphatic hydroxyl groups excluding tert-OH is 1. The van der Waals surface area contributed by atoms with Crippen LogP contribution in [0.5, 0.6) is 0 Å². The van der Waals surface area contributed by atoms with Crippen molar-refractivity contribution >= 4 is 0 Å². The number of rotatable bonds is 10. The number of hydrogen-bond acceptors (Lipinski definition) is 2. The SMILES string of the molecule is [CH2]CCCCCCCCCC[C](O)O. The van der Waals surface area contributed by atoms with Gasteiger partial charge in [-0.25, -0.2) is 0 Å². The normalized spacial score (nSPS) is 11.1. The lowest BCUT2D eigenvalue weighted by Gasteiger charge is -2.02. The van der Waals surface area contributed by atoms with Crippen molar-refractivity contribution in [3.8, 4) is 0 Å². The van der Waals surface area contributed by atoms with Gasteiger partial charge < -0.3 is 10.2 Å². The molecule has 0 fully saturated rings. The molecule has 0 bridgehead atoms. The maximum absolute atomic E-state index is 8.52. The quantitative estimate of drug-likeness (QED) is 0.524. The molecule has 14 heavy (non-hydrogen) atoms. The van der Waals surface area contributed by atoms with Gasteiger partial charge in [-0.2, -0.15) is 0 Å². The third-order valence-electron chi connectivity index (χ3n) is 2.40. The average molecular weight is 200 g/mol. The van der Waals surface area contributed by atoms with Crippen molar-refractivity contribution in [3.05, 3.63) is 13.2 Å². The predicted molar refractivity (Wildman–Crippen MR) is 58.6 cm³/mol. The molecule has 0 amide bonds. The Hall–Kier alpha value is -0.0800. The molecule has 0 heterocycles. The minimum absolute atomic E-state index is 0.416. The first kappa shape index (κ1) is 13.9. The zero-order chi connectivity index (χ0) is 10.6. The highest BCUT2D eigenvalue weighted by Gasteiger charge is 1.98. The third kappa shape index (κ3) is 11.9. The maximum Gasteiger partial charge on any atom is 0.218 e. The molecule has 0 aromatic rings. The molecule has 0 aliphatic heterocycles. The summed E-state index contributed by atoms with van der Waals surface area (Å²) in [4.78, 5) is 0. The van der Waals surface area contributed by atoms with Crippen LogP contribution in [-0.4, -0.2) is 10.2 Å². The fourth-order valence-corrected chi connectivity index (χ4v) is 1.52. The van der Waals surface area contributed by atoms with Crippen molar-refractivity contribution < 1.29 is 10.2 Å². The fraction of sp³-hybridized carbons (Fsp3) is 0.833. The van der Waals surface area contributed by atoms with Crippen molar-refractivity contribution in [3.63, 3.8) is 0 Å². The van der Waals surface area contributed by atoms with Crippen molar-refractivity contribution in [1.29, 1.82) is 0 Å². The van der Waals surface area contributed by atoms with Crippen LogP contribution < -0.4 is 0 Å². The van der Waals surface area contributed by atoms with Crippen LogP contribution in [0.15, 0.2) is 0 Å². The van der Waals surface area contributed by atoms with Crippen LogP contribution >= 0.6 is 0 Å². The highest BCUT2D eigenvalue weighted by Crippen LogP contribution is 2.11. The number of hydrogen-bond donors (Lipinski definition) is 2. The Morgan fingerprint density at radius 3 is 1.57 bits per heavy atom. The largest absolute Gasteiger partial charge is 0.361 e. The minimum atomic E-state index is -0.416. The summed E-state index contributed by atoms with van der Waals surface area (Å²) in [6.07, 6.45) is 10.8. The zero-order valence-corrected chi connectivity index (χ0v) is 9.17. The molecule has 0 aliphatic carbocycles. The van der Waals surface area contributed by atoms with Gasteiger partial charge in [0, 0.05) is 6.42 Å². The Bertz CT molecular complexity index is 102. The zero-order valence-electron chi connectivity index (χ0n) is 9.17. The second-order valence-corrected chi connectivity index (χ2v) is 3.85. The molecular formula is C12H24O2. The van der Waals surface area contributed by atoms with Crippen LogP contribution in [0.2, 0.25) is 0 Å². The van der Waals surface area contributed by atoms with E-state index in [1.165, 1.54) is 38.5 Å². The van der Waals surface area contributed by atoms with Crippen LogP contribution in [-0.2, 0) is 0 Å². The topological polar surface area (TPSA) is 40.5 Å². The molecule has 0 aliphatic rings. The molecule has 0 aromatic carbocycles. The summed E-state index contributed by atoms with van der Waals surface area (Å²) in [5.74, 6) is 0. The van der Waals surface area contributed by atoms with Gasteiger partial charge in [-0.1, -0.05) is 58.3 Å². The first-order chi connectivity index (χ1) is 6.77. The van der Waals surface area contributed by atoms with Gasteiger partial charge in [0.1, 0.15) is 0 Å². The van der Waals surface area contributed by atoms with Crippen molar-refractivity contribution in [1.82, 2.24) is 0 Å². The van der Waals surface area contributed by atoms with Gasteiger partial charge in [-0.05, 0) is 6.42 Å². The van der Waals surface area contributed by atoms with E-state index in [1.807, 2.05) is 0 Å². The highest BCUT2D eigenvalue weighted by molar-refractivity contribution is 4.57. The lowest BCUT2D eigenvalue weighted by Crippen LogP contribution is -1.92. The minimum Gasteiger partial charge on any atom is -0.361 e. The molecule has 0 rings (SSSR count). The van der Waals surface area contributed by atoms with Gasteiger partial charge in [-0.3, -0.25) is 0 Å². The van der Waals surface area contributed by atoms with E-state index in [9.17, 15) is 0 Å². The van der Waals surface area contributed by atoms with Gasteiger partial charge in [0.15, 0.2) is 0 Å². The first-order valence-corrected chi connectivity index (χ1v) is 5.80. The molecule has 2 nitrogen and oxygen atoms in total. The van der Waals surface area contributed by atoms with Crippen LogP contribution in [0, 0.1) is 13.2 Å². The van der Waals surface area contributed by atoms with E-state index < -0.39 is 6.29 Å². The van der Waals surface area contributed by atoms with E-state index >= 15 is 0 Å². The predicted octanol–water partition coefficient (Wildman–Crippen LogP) is 3.96. The molecule has 0 unspecified atom stereocenters. The average Bonchev–Trinajstić information content (AvgIpc) is 2.15. The second-order valence-electron chi connectivity index (χ2n) is 3.85. The van der Waals surface area contributed by atoms with Gasteiger partial charge in [0.2, 0.25) is 6.29 Å². The van der Waals surface area contributed by atoms with Gasteiger partial charge in [0.05, 0.1) is 0 Å². The van der Waals surface area contributed by atoms with Crippen molar-refractivity contribution in [2.45, 2.75) is 64.2 Å². The lowest BCUT2D eigenvalue weighted by molar-refractivity contribution is 0.0704. The van der Waals surface area contributed by atoms with E-state index in [0.717, 1.165) is 19.3 Å². The van der Waals surface area contributed by atoms with E-state index in [0.29, 0.717) is 6.42 Å². The molecule has 0 saturated heterocycles. The summed E-state index contributed by atoms with van der Waals surface area (Å²) in [6, 6.07) is 0. The molecule has 0 saturated carbocycles. The number of aliphatic hydroxyl groups is 2. The standard InChI is InChI=1S/C12H24O2/c1-2-3-4-5-6-7-8-9-10-11-12(13)14/h13-14H,1-11H2. The molecule has 84 valence electrons. The molecule has 0 aromatic heterocycles. The molecule has 0 spiro atoms. The smallest absolute Gasteiger partial charge is 0.218 e.